The molecule has 6 heteroatoms. The van der Waals surface area contributed by atoms with Crippen molar-refractivity contribution >= 4 is 5.91 Å². The van der Waals surface area contributed by atoms with Gasteiger partial charge in [0.2, 0.25) is 5.91 Å². The number of furan rings is 1. The molecule has 0 bridgehead atoms. The summed E-state index contributed by atoms with van der Waals surface area (Å²) in [5.41, 5.74) is 2.78. The van der Waals surface area contributed by atoms with Crippen molar-refractivity contribution in [1.82, 2.24) is 15.1 Å². The highest BCUT2D eigenvalue weighted by atomic mass is 16.5. The summed E-state index contributed by atoms with van der Waals surface area (Å²) in [5, 5.41) is 7.50. The number of aromatic nitrogens is 2. The highest BCUT2D eigenvalue weighted by Crippen LogP contribution is 2.30. The standard InChI is InChI=1S/C19H19N3O3/c23-18(12-14-7-10-24-13-14)21-16-8-11-25-19(16)17-6-9-20-22(17)15-4-2-1-3-5-15/h1-7,9-10,13,16,19H,8,11-12H2,(H,21,23)/t16-,19-/m1/s1. The Morgan fingerprint density at radius 2 is 2.12 bits per heavy atom. The second kappa shape index (κ2) is 6.94. The van der Waals surface area contributed by atoms with Crippen molar-refractivity contribution in [2.75, 3.05) is 6.61 Å². The lowest BCUT2D eigenvalue weighted by atomic mass is 10.1. The first kappa shape index (κ1) is 15.7. The molecule has 1 aliphatic heterocycles. The predicted octanol–water partition coefficient (Wildman–Crippen LogP) is 2.65. The van der Waals surface area contributed by atoms with E-state index < -0.39 is 0 Å². The second-order valence-corrected chi connectivity index (χ2v) is 6.07. The molecule has 1 aliphatic rings. The van der Waals surface area contributed by atoms with Crippen LogP contribution in [0.5, 0.6) is 0 Å². The van der Waals surface area contributed by atoms with E-state index in [0.29, 0.717) is 13.0 Å². The number of benzene rings is 1. The van der Waals surface area contributed by atoms with E-state index in [1.54, 1.807) is 24.8 Å². The van der Waals surface area contributed by atoms with Crippen LogP contribution in [0.15, 0.2) is 65.6 Å². The van der Waals surface area contributed by atoms with Crippen molar-refractivity contribution in [2.45, 2.75) is 25.0 Å². The number of hydrogen-bond acceptors (Lipinski definition) is 4. The Morgan fingerprint density at radius 3 is 2.92 bits per heavy atom. The van der Waals surface area contributed by atoms with E-state index in [0.717, 1.165) is 23.4 Å². The SMILES string of the molecule is O=C(Cc1ccoc1)N[C@@H]1CCO[C@H]1c1ccnn1-c1ccccc1. The summed E-state index contributed by atoms with van der Waals surface area (Å²) in [4.78, 5) is 12.3. The Morgan fingerprint density at radius 1 is 1.24 bits per heavy atom. The van der Waals surface area contributed by atoms with E-state index in [1.165, 1.54) is 0 Å². The molecule has 1 N–H and O–H groups in total. The average Bonchev–Trinajstić information content (AvgIpc) is 3.36. The zero-order valence-corrected chi connectivity index (χ0v) is 13.7. The number of carbonyl (C=O) groups excluding carboxylic acids is 1. The van der Waals surface area contributed by atoms with Crippen LogP contribution in [0.4, 0.5) is 0 Å². The lowest BCUT2D eigenvalue weighted by molar-refractivity contribution is -0.121. The van der Waals surface area contributed by atoms with Gasteiger partial charge in [0.25, 0.3) is 0 Å². The maximum absolute atomic E-state index is 12.3. The Bertz CT molecular complexity index is 827. The molecule has 2 aromatic heterocycles. The fourth-order valence-electron chi connectivity index (χ4n) is 3.18. The maximum Gasteiger partial charge on any atom is 0.224 e. The van der Waals surface area contributed by atoms with E-state index in [1.807, 2.05) is 41.1 Å². The molecule has 0 saturated carbocycles. The van der Waals surface area contributed by atoms with E-state index >= 15 is 0 Å². The summed E-state index contributed by atoms with van der Waals surface area (Å²) < 4.78 is 12.8. The highest BCUT2D eigenvalue weighted by molar-refractivity contribution is 5.78. The van der Waals surface area contributed by atoms with Gasteiger partial charge in [0.05, 0.1) is 36.4 Å². The third kappa shape index (κ3) is 3.34. The van der Waals surface area contributed by atoms with Crippen LogP contribution in [0.25, 0.3) is 5.69 Å². The highest BCUT2D eigenvalue weighted by Gasteiger charge is 2.33. The number of nitrogens with one attached hydrogen (secondary N) is 1. The normalized spacial score (nSPS) is 19.8. The van der Waals surface area contributed by atoms with Gasteiger partial charge in [-0.05, 0) is 36.2 Å². The smallest absolute Gasteiger partial charge is 0.224 e. The number of amides is 1. The van der Waals surface area contributed by atoms with Gasteiger partial charge in [-0.3, -0.25) is 4.79 Å². The monoisotopic (exact) mass is 337 g/mol. The van der Waals surface area contributed by atoms with Crippen LogP contribution in [0.3, 0.4) is 0 Å². The second-order valence-electron chi connectivity index (χ2n) is 6.07. The number of hydrogen-bond donors (Lipinski definition) is 1. The van der Waals surface area contributed by atoms with Crippen molar-refractivity contribution in [2.24, 2.45) is 0 Å². The number of carbonyl (C=O) groups is 1. The van der Waals surface area contributed by atoms with Gasteiger partial charge in [-0.2, -0.15) is 5.10 Å². The van der Waals surface area contributed by atoms with E-state index in [2.05, 4.69) is 10.4 Å². The topological polar surface area (TPSA) is 69.3 Å². The fraction of sp³-hybridized carbons (Fsp3) is 0.263. The third-order valence-corrected chi connectivity index (χ3v) is 4.35. The summed E-state index contributed by atoms with van der Waals surface area (Å²) in [6, 6.07) is 13.6. The van der Waals surface area contributed by atoms with Crippen molar-refractivity contribution in [3.63, 3.8) is 0 Å². The Balaban J connectivity index is 1.51. The van der Waals surface area contributed by atoms with Gasteiger partial charge in [-0.1, -0.05) is 18.2 Å². The number of nitrogens with zero attached hydrogens (tertiary/aromatic N) is 2. The molecule has 1 amide bonds. The van der Waals surface area contributed by atoms with Crippen molar-refractivity contribution in [3.8, 4) is 5.69 Å². The van der Waals surface area contributed by atoms with Crippen LogP contribution in [0.1, 0.15) is 23.8 Å². The van der Waals surface area contributed by atoms with Crippen LogP contribution >= 0.6 is 0 Å². The van der Waals surface area contributed by atoms with Gasteiger partial charge in [0.15, 0.2) is 0 Å². The first-order valence-electron chi connectivity index (χ1n) is 8.32. The first-order valence-corrected chi connectivity index (χ1v) is 8.32. The molecular formula is C19H19N3O3. The van der Waals surface area contributed by atoms with Crippen LogP contribution < -0.4 is 5.32 Å². The molecule has 0 aliphatic carbocycles. The maximum atomic E-state index is 12.3. The molecule has 4 rings (SSSR count). The minimum atomic E-state index is -0.212. The van der Waals surface area contributed by atoms with Crippen molar-refractivity contribution in [1.29, 1.82) is 0 Å². The van der Waals surface area contributed by atoms with Crippen LogP contribution in [0.2, 0.25) is 0 Å². The Labute approximate surface area is 145 Å². The van der Waals surface area contributed by atoms with Gasteiger partial charge in [-0.25, -0.2) is 4.68 Å². The average molecular weight is 337 g/mol. The van der Waals surface area contributed by atoms with Crippen molar-refractivity contribution in [3.05, 3.63) is 72.4 Å². The minimum Gasteiger partial charge on any atom is -0.472 e. The van der Waals surface area contributed by atoms with E-state index in [-0.39, 0.29) is 18.1 Å². The Hall–Kier alpha value is -2.86. The molecule has 0 spiro atoms. The molecule has 3 heterocycles. The molecule has 3 aromatic rings. The summed E-state index contributed by atoms with van der Waals surface area (Å²) in [7, 11) is 0. The molecule has 128 valence electrons. The van der Waals surface area contributed by atoms with Crippen LogP contribution in [-0.4, -0.2) is 28.3 Å². The number of para-hydroxylation sites is 1. The predicted molar refractivity (Wildman–Crippen MR) is 91.2 cm³/mol. The molecule has 0 unspecified atom stereocenters. The van der Waals surface area contributed by atoms with Gasteiger partial charge >= 0.3 is 0 Å². The molecule has 1 saturated heterocycles. The molecule has 1 aromatic carbocycles. The van der Waals surface area contributed by atoms with Gasteiger partial charge in [0, 0.05) is 12.8 Å². The Kier molecular flexibility index (Phi) is 4.35. The van der Waals surface area contributed by atoms with Gasteiger partial charge in [-0.15, -0.1) is 0 Å². The van der Waals surface area contributed by atoms with E-state index in [9.17, 15) is 4.79 Å². The summed E-state index contributed by atoms with van der Waals surface area (Å²) >= 11 is 0. The fourth-order valence-corrected chi connectivity index (χ4v) is 3.18. The molecule has 25 heavy (non-hydrogen) atoms. The van der Waals surface area contributed by atoms with Gasteiger partial charge < -0.3 is 14.5 Å². The molecular weight excluding hydrogens is 318 g/mol. The quantitative estimate of drug-likeness (QED) is 0.777. The van der Waals surface area contributed by atoms with Crippen LogP contribution in [-0.2, 0) is 16.0 Å². The van der Waals surface area contributed by atoms with E-state index in [4.69, 9.17) is 9.15 Å². The zero-order chi connectivity index (χ0) is 17.1. The minimum absolute atomic E-state index is 0.0346. The lowest BCUT2D eigenvalue weighted by Gasteiger charge is -2.21. The van der Waals surface area contributed by atoms with Crippen LogP contribution in [0, 0.1) is 0 Å². The zero-order valence-electron chi connectivity index (χ0n) is 13.7. The number of ether oxygens (including phenoxy) is 1. The molecule has 1 fully saturated rings. The number of rotatable bonds is 5. The molecule has 2 atom stereocenters. The summed E-state index contributed by atoms with van der Waals surface area (Å²) in [6.07, 6.45) is 5.79. The van der Waals surface area contributed by atoms with Crippen molar-refractivity contribution < 1.29 is 13.9 Å². The summed E-state index contributed by atoms with van der Waals surface area (Å²) in [5.74, 6) is -0.0346. The molecule has 0 radical (unpaired) electrons. The third-order valence-electron chi connectivity index (χ3n) is 4.35. The lowest BCUT2D eigenvalue weighted by Crippen LogP contribution is -2.38. The first-order chi connectivity index (χ1) is 12.3. The van der Waals surface area contributed by atoms with Gasteiger partial charge in [0.1, 0.15) is 6.10 Å². The summed E-state index contributed by atoms with van der Waals surface area (Å²) in [6.45, 7) is 0.612. The molecule has 6 nitrogen and oxygen atoms in total. The largest absolute Gasteiger partial charge is 0.472 e.